The van der Waals surface area contributed by atoms with Gasteiger partial charge in [-0.1, -0.05) is 25.4 Å². The third-order valence-corrected chi connectivity index (χ3v) is 3.92. The summed E-state index contributed by atoms with van der Waals surface area (Å²) in [7, 11) is 0. The van der Waals surface area contributed by atoms with E-state index in [1.807, 2.05) is 12.1 Å². The van der Waals surface area contributed by atoms with Crippen molar-refractivity contribution in [1.82, 2.24) is 4.90 Å². The number of ether oxygens (including phenoxy) is 1. The molecule has 1 aliphatic heterocycles. The number of hydrogen-bond acceptors (Lipinski definition) is 3. The second kappa shape index (κ2) is 7.30. The number of hydrogen-bond donors (Lipinski definition) is 1. The van der Waals surface area contributed by atoms with Crippen molar-refractivity contribution in [3.05, 3.63) is 29.3 Å². The SMILES string of the molecule is C[C@@H]1C[C@H](C)CN(C[C@H](O)COc2ccc(Cl)cc2)C1. The van der Waals surface area contributed by atoms with E-state index in [0.717, 1.165) is 18.8 Å². The van der Waals surface area contributed by atoms with E-state index in [4.69, 9.17) is 16.3 Å². The molecule has 0 aliphatic carbocycles. The summed E-state index contributed by atoms with van der Waals surface area (Å²) in [5, 5.41) is 10.8. The van der Waals surface area contributed by atoms with Crippen LogP contribution < -0.4 is 4.74 Å². The first kappa shape index (κ1) is 15.6. The number of β-amino-alcohol motifs (C(OH)–C–C–N with tert-alkyl or cyclic N) is 1. The molecule has 0 radical (unpaired) electrons. The summed E-state index contributed by atoms with van der Waals surface area (Å²) in [6.07, 6.45) is 0.830. The number of benzene rings is 1. The van der Waals surface area contributed by atoms with Crippen LogP contribution in [0.1, 0.15) is 20.3 Å². The van der Waals surface area contributed by atoms with E-state index in [1.54, 1.807) is 12.1 Å². The zero-order valence-corrected chi connectivity index (χ0v) is 13.0. The van der Waals surface area contributed by atoms with Crippen molar-refractivity contribution in [2.24, 2.45) is 11.8 Å². The molecule has 1 aliphatic rings. The molecular formula is C16H24ClNO2. The first-order valence-corrected chi connectivity index (χ1v) is 7.69. The molecule has 0 amide bonds. The van der Waals surface area contributed by atoms with Crippen molar-refractivity contribution < 1.29 is 9.84 Å². The quantitative estimate of drug-likeness (QED) is 0.907. The number of halogens is 1. The fourth-order valence-corrected chi connectivity index (χ4v) is 3.14. The highest BCUT2D eigenvalue weighted by molar-refractivity contribution is 6.30. The van der Waals surface area contributed by atoms with E-state index in [2.05, 4.69) is 18.7 Å². The molecule has 0 bridgehead atoms. The van der Waals surface area contributed by atoms with Crippen LogP contribution >= 0.6 is 11.6 Å². The summed E-state index contributed by atoms with van der Waals surface area (Å²) in [6.45, 7) is 7.70. The van der Waals surface area contributed by atoms with Gasteiger partial charge in [0.2, 0.25) is 0 Å². The Labute approximate surface area is 126 Å². The number of piperidine rings is 1. The minimum Gasteiger partial charge on any atom is -0.491 e. The third kappa shape index (κ3) is 4.97. The summed E-state index contributed by atoms with van der Waals surface area (Å²) in [4.78, 5) is 2.34. The summed E-state index contributed by atoms with van der Waals surface area (Å²) >= 11 is 5.82. The van der Waals surface area contributed by atoms with Crippen LogP contribution in [0.25, 0.3) is 0 Å². The molecule has 3 nitrogen and oxygen atoms in total. The highest BCUT2D eigenvalue weighted by Gasteiger charge is 2.23. The van der Waals surface area contributed by atoms with Gasteiger partial charge in [0.25, 0.3) is 0 Å². The zero-order valence-electron chi connectivity index (χ0n) is 12.3. The van der Waals surface area contributed by atoms with Gasteiger partial charge >= 0.3 is 0 Å². The van der Waals surface area contributed by atoms with Gasteiger partial charge in [0.1, 0.15) is 18.5 Å². The Kier molecular flexibility index (Phi) is 5.70. The number of rotatable bonds is 5. The van der Waals surface area contributed by atoms with Crippen molar-refractivity contribution in [3.8, 4) is 5.75 Å². The monoisotopic (exact) mass is 297 g/mol. The minimum atomic E-state index is -0.455. The zero-order chi connectivity index (χ0) is 14.5. The van der Waals surface area contributed by atoms with Gasteiger partial charge in [0.05, 0.1) is 0 Å². The maximum atomic E-state index is 10.1. The normalized spacial score (nSPS) is 25.4. The Morgan fingerprint density at radius 3 is 2.45 bits per heavy atom. The molecule has 0 saturated carbocycles. The van der Waals surface area contributed by atoms with E-state index >= 15 is 0 Å². The van der Waals surface area contributed by atoms with E-state index in [9.17, 15) is 5.11 Å². The second-order valence-electron chi connectivity index (χ2n) is 6.08. The molecule has 2 rings (SSSR count). The predicted octanol–water partition coefficient (Wildman–Crippen LogP) is 3.06. The largest absolute Gasteiger partial charge is 0.491 e. The highest BCUT2D eigenvalue weighted by atomic mass is 35.5. The molecule has 1 fully saturated rings. The predicted molar refractivity (Wildman–Crippen MR) is 82.3 cm³/mol. The standard InChI is InChI=1S/C16H24ClNO2/c1-12-7-13(2)9-18(8-12)10-15(19)11-20-16-5-3-14(17)4-6-16/h3-6,12-13,15,19H,7-11H2,1-2H3/t12-,13+,15-/m0/s1. The second-order valence-corrected chi connectivity index (χ2v) is 6.52. The lowest BCUT2D eigenvalue weighted by Crippen LogP contribution is -2.43. The maximum absolute atomic E-state index is 10.1. The van der Waals surface area contributed by atoms with E-state index < -0.39 is 6.10 Å². The van der Waals surface area contributed by atoms with Gasteiger partial charge in [-0.05, 0) is 42.5 Å². The van der Waals surface area contributed by atoms with Gasteiger partial charge in [-0.25, -0.2) is 0 Å². The van der Waals surface area contributed by atoms with Crippen LogP contribution in [0.3, 0.4) is 0 Å². The van der Waals surface area contributed by atoms with E-state index in [-0.39, 0.29) is 0 Å². The van der Waals surface area contributed by atoms with Crippen LogP contribution in [0.5, 0.6) is 5.75 Å². The molecular weight excluding hydrogens is 274 g/mol. The molecule has 1 aromatic carbocycles. The maximum Gasteiger partial charge on any atom is 0.119 e. The van der Waals surface area contributed by atoms with Gasteiger partial charge in [-0.15, -0.1) is 0 Å². The van der Waals surface area contributed by atoms with Crippen LogP contribution in [0.2, 0.25) is 5.02 Å². The lowest BCUT2D eigenvalue weighted by Gasteiger charge is -2.35. The van der Waals surface area contributed by atoms with Crippen LogP contribution in [0.15, 0.2) is 24.3 Å². The molecule has 1 saturated heterocycles. The summed E-state index contributed by atoms with van der Waals surface area (Å²) < 4.78 is 5.58. The van der Waals surface area contributed by atoms with Gasteiger partial charge < -0.3 is 14.7 Å². The summed E-state index contributed by atoms with van der Waals surface area (Å²) in [5.74, 6) is 2.17. The summed E-state index contributed by atoms with van der Waals surface area (Å²) in [5.41, 5.74) is 0. The molecule has 4 heteroatoms. The molecule has 0 aromatic heterocycles. The van der Waals surface area contributed by atoms with E-state index in [0.29, 0.717) is 30.0 Å². The molecule has 0 spiro atoms. The van der Waals surface area contributed by atoms with Crippen molar-refractivity contribution in [2.75, 3.05) is 26.2 Å². The lowest BCUT2D eigenvalue weighted by atomic mass is 9.92. The number of aliphatic hydroxyl groups is 1. The van der Waals surface area contributed by atoms with Crippen molar-refractivity contribution in [3.63, 3.8) is 0 Å². The van der Waals surface area contributed by atoms with Crippen molar-refractivity contribution >= 4 is 11.6 Å². The molecule has 3 atom stereocenters. The third-order valence-electron chi connectivity index (χ3n) is 3.67. The Balaban J connectivity index is 1.74. The summed E-state index contributed by atoms with van der Waals surface area (Å²) in [6, 6.07) is 7.22. The van der Waals surface area contributed by atoms with Gasteiger partial charge in [-0.3, -0.25) is 0 Å². The van der Waals surface area contributed by atoms with Crippen LogP contribution in [-0.2, 0) is 0 Å². The first-order chi connectivity index (χ1) is 9.52. The Hall–Kier alpha value is -0.770. The fourth-order valence-electron chi connectivity index (χ4n) is 3.02. The van der Waals surface area contributed by atoms with E-state index in [1.165, 1.54) is 6.42 Å². The van der Waals surface area contributed by atoms with Crippen LogP contribution in [0, 0.1) is 11.8 Å². The van der Waals surface area contributed by atoms with Gasteiger partial charge in [-0.2, -0.15) is 0 Å². The Morgan fingerprint density at radius 1 is 1.25 bits per heavy atom. The van der Waals surface area contributed by atoms with Gasteiger partial charge in [0.15, 0.2) is 0 Å². The van der Waals surface area contributed by atoms with Crippen LogP contribution in [0.4, 0.5) is 0 Å². The molecule has 20 heavy (non-hydrogen) atoms. The molecule has 1 N–H and O–H groups in total. The average Bonchev–Trinajstić information content (AvgIpc) is 2.37. The first-order valence-electron chi connectivity index (χ1n) is 7.31. The molecule has 112 valence electrons. The fraction of sp³-hybridized carbons (Fsp3) is 0.625. The minimum absolute atomic E-state index is 0.320. The Morgan fingerprint density at radius 2 is 1.85 bits per heavy atom. The molecule has 1 heterocycles. The lowest BCUT2D eigenvalue weighted by molar-refractivity contribution is 0.0429. The van der Waals surface area contributed by atoms with Crippen molar-refractivity contribution in [2.45, 2.75) is 26.4 Å². The van der Waals surface area contributed by atoms with Gasteiger partial charge in [0, 0.05) is 24.7 Å². The number of nitrogens with zero attached hydrogens (tertiary/aromatic N) is 1. The topological polar surface area (TPSA) is 32.7 Å². The Bertz CT molecular complexity index is 399. The molecule has 0 unspecified atom stereocenters. The smallest absolute Gasteiger partial charge is 0.119 e. The number of likely N-dealkylation sites (tertiary alicyclic amines) is 1. The number of aliphatic hydroxyl groups excluding tert-OH is 1. The average molecular weight is 298 g/mol. The van der Waals surface area contributed by atoms with Crippen molar-refractivity contribution in [1.29, 1.82) is 0 Å². The molecule has 1 aromatic rings. The van der Waals surface area contributed by atoms with Crippen LogP contribution in [-0.4, -0.2) is 42.4 Å². The highest BCUT2D eigenvalue weighted by Crippen LogP contribution is 2.21.